The number of carbonyl (C=O) groups is 4. The molecular formula is C43H55ClN6O10. The number of likely N-dealkylation sites (tertiary alicyclic amines) is 1. The van der Waals surface area contributed by atoms with Gasteiger partial charge >= 0.3 is 12.1 Å². The van der Waals surface area contributed by atoms with Gasteiger partial charge in [-0.25, -0.2) is 14.6 Å². The largest absolute Gasteiger partial charge is 0.490 e. The highest BCUT2D eigenvalue weighted by Crippen LogP contribution is 2.52. The standard InChI is InChI=1S/C43H55ClN6O10/c1-7-24-19-43(24,39(53)56-6)49-37(51)31-17-27(20-50(31)38(52)36(42(2,3)4)48-41(54)60-26-15-22-14-23(22)16-26)59-33-18-29(30-21-58-40(47-30)45-25-8-9-25)46-35-28(33)10-11-32(34(35)44)57-13-12-55-5/h10-11,18,21-27,31,36H,7-9,12-17,19-20H2,1-6H3,(H,45,47)(H,48,54)(H,49,51)/t22-,23+,24-,26+,27-,31+,36-,43-/m1/s1. The van der Waals surface area contributed by atoms with Gasteiger partial charge in [-0.1, -0.05) is 45.7 Å². The molecule has 3 amide bonds. The maximum absolute atomic E-state index is 14.8. The van der Waals surface area contributed by atoms with Crippen LogP contribution in [-0.2, 0) is 28.6 Å². The Morgan fingerprint density at radius 3 is 2.43 bits per heavy atom. The fraction of sp³-hybridized carbons (Fsp3) is 0.628. The van der Waals surface area contributed by atoms with Gasteiger partial charge < -0.3 is 49.0 Å². The van der Waals surface area contributed by atoms with E-state index in [1.807, 2.05) is 27.7 Å². The molecule has 2 aromatic heterocycles. The van der Waals surface area contributed by atoms with Crippen molar-refractivity contribution in [1.29, 1.82) is 0 Å². The smallest absolute Gasteiger partial charge is 0.408 e. The van der Waals surface area contributed by atoms with Crippen LogP contribution in [0.1, 0.15) is 79.1 Å². The first-order valence-corrected chi connectivity index (χ1v) is 21.4. The fourth-order valence-corrected chi connectivity index (χ4v) is 9.10. The average molecular weight is 851 g/mol. The number of halogens is 1. The van der Waals surface area contributed by atoms with Gasteiger partial charge in [0.2, 0.25) is 11.8 Å². The Morgan fingerprint density at radius 2 is 1.77 bits per heavy atom. The molecule has 1 aromatic carbocycles. The minimum Gasteiger partial charge on any atom is -0.490 e. The second kappa shape index (κ2) is 16.6. The summed E-state index contributed by atoms with van der Waals surface area (Å²) in [6, 6.07) is 3.81. The topological polar surface area (TPSA) is 193 Å². The minimum absolute atomic E-state index is 0.0147. The summed E-state index contributed by atoms with van der Waals surface area (Å²) in [6.07, 6.45) is 5.97. The number of anilines is 1. The predicted molar refractivity (Wildman–Crippen MR) is 220 cm³/mol. The molecule has 324 valence electrons. The van der Waals surface area contributed by atoms with Crippen molar-refractivity contribution in [1.82, 2.24) is 25.5 Å². The number of fused-ring (bicyclic) bond motifs is 2. The van der Waals surface area contributed by atoms with E-state index < -0.39 is 53.0 Å². The summed E-state index contributed by atoms with van der Waals surface area (Å²) in [5.74, 6) is 0.347. The van der Waals surface area contributed by atoms with Crippen molar-refractivity contribution in [2.24, 2.45) is 23.2 Å². The molecule has 1 aliphatic heterocycles. The Labute approximate surface area is 354 Å². The molecule has 4 saturated carbocycles. The summed E-state index contributed by atoms with van der Waals surface area (Å²) in [5.41, 5.74) is -0.728. The Hall–Kier alpha value is -4.83. The van der Waals surface area contributed by atoms with Crippen LogP contribution in [0.15, 0.2) is 28.9 Å². The minimum atomic E-state index is -1.19. The van der Waals surface area contributed by atoms with Crippen LogP contribution < -0.4 is 25.4 Å². The second-order valence-electron chi connectivity index (χ2n) is 18.0. The third-order valence-corrected chi connectivity index (χ3v) is 12.9. The third kappa shape index (κ3) is 8.67. The molecule has 4 aliphatic carbocycles. The van der Waals surface area contributed by atoms with E-state index in [1.54, 1.807) is 25.3 Å². The van der Waals surface area contributed by atoms with Crippen LogP contribution in [0.3, 0.4) is 0 Å². The van der Waals surface area contributed by atoms with Crippen LogP contribution >= 0.6 is 11.6 Å². The van der Waals surface area contributed by atoms with Gasteiger partial charge in [0.25, 0.3) is 6.01 Å². The summed E-state index contributed by atoms with van der Waals surface area (Å²) in [7, 11) is 2.87. The number of rotatable bonds is 16. The number of aromatic nitrogens is 2. The van der Waals surface area contributed by atoms with E-state index in [0.717, 1.165) is 25.7 Å². The lowest BCUT2D eigenvalue weighted by molar-refractivity contribution is -0.148. The van der Waals surface area contributed by atoms with Crippen molar-refractivity contribution in [3.63, 3.8) is 0 Å². The van der Waals surface area contributed by atoms with Gasteiger partial charge in [-0.2, -0.15) is 4.98 Å². The average Bonchev–Trinajstić information content (AvgIpc) is 4.16. The van der Waals surface area contributed by atoms with Crippen molar-refractivity contribution >= 4 is 52.4 Å². The summed E-state index contributed by atoms with van der Waals surface area (Å²) in [5, 5.41) is 9.88. The van der Waals surface area contributed by atoms with Gasteiger partial charge in [0.1, 0.15) is 64.9 Å². The number of benzene rings is 1. The maximum atomic E-state index is 14.8. The molecule has 0 unspecified atom stereocenters. The number of amides is 3. The third-order valence-electron chi connectivity index (χ3n) is 12.5. The molecule has 17 heteroatoms. The molecule has 5 fully saturated rings. The number of alkyl carbamates (subject to hydrolysis) is 1. The van der Waals surface area contributed by atoms with Gasteiger partial charge in [0, 0.05) is 31.0 Å². The molecule has 60 heavy (non-hydrogen) atoms. The van der Waals surface area contributed by atoms with Crippen molar-refractivity contribution in [3.8, 4) is 22.9 Å². The van der Waals surface area contributed by atoms with Gasteiger partial charge in [-0.3, -0.25) is 9.59 Å². The molecule has 8 rings (SSSR count). The second-order valence-corrected chi connectivity index (χ2v) is 18.4. The number of methoxy groups -OCH3 is 2. The van der Waals surface area contributed by atoms with Crippen LogP contribution in [0, 0.1) is 23.2 Å². The van der Waals surface area contributed by atoms with Gasteiger partial charge in [0.15, 0.2) is 0 Å². The first kappa shape index (κ1) is 41.9. The van der Waals surface area contributed by atoms with Crippen molar-refractivity contribution in [3.05, 3.63) is 29.5 Å². The highest BCUT2D eigenvalue weighted by atomic mass is 35.5. The van der Waals surface area contributed by atoms with Crippen molar-refractivity contribution in [2.75, 3.05) is 39.3 Å². The fourth-order valence-electron chi connectivity index (χ4n) is 8.83. The van der Waals surface area contributed by atoms with E-state index in [1.165, 1.54) is 24.7 Å². The molecule has 0 bridgehead atoms. The van der Waals surface area contributed by atoms with Crippen LogP contribution in [0.5, 0.6) is 11.5 Å². The SMILES string of the molecule is CC[C@@H]1C[C@]1(NC(=O)[C@@H]1C[C@@H](Oc2cc(-c3coc(NC4CC4)n3)nc3c(Cl)c(OCCOC)ccc23)CN1C(=O)[C@@H](NC(=O)O[C@@H]1C[C@@H]2C[C@@H]2C1)C(C)(C)C)C(=O)OC. The van der Waals surface area contributed by atoms with E-state index >= 15 is 0 Å². The van der Waals surface area contributed by atoms with E-state index in [9.17, 15) is 19.2 Å². The molecule has 3 N–H and O–H groups in total. The number of nitrogens with one attached hydrogen (secondary N) is 3. The molecular weight excluding hydrogens is 796 g/mol. The maximum Gasteiger partial charge on any atom is 0.408 e. The molecule has 5 aliphatic rings. The van der Waals surface area contributed by atoms with E-state index in [2.05, 4.69) is 20.9 Å². The summed E-state index contributed by atoms with van der Waals surface area (Å²) < 4.78 is 34.5. The van der Waals surface area contributed by atoms with Gasteiger partial charge in [-0.05, 0) is 73.8 Å². The summed E-state index contributed by atoms with van der Waals surface area (Å²) in [6.45, 7) is 8.09. The molecule has 8 atom stereocenters. The Balaban J connectivity index is 1.10. The molecule has 1 saturated heterocycles. The molecule has 0 spiro atoms. The molecule has 16 nitrogen and oxygen atoms in total. The van der Waals surface area contributed by atoms with Crippen LogP contribution in [0.4, 0.5) is 10.8 Å². The highest BCUT2D eigenvalue weighted by Gasteiger charge is 2.62. The van der Waals surface area contributed by atoms with E-state index in [-0.39, 0.29) is 36.6 Å². The number of hydrogen-bond acceptors (Lipinski definition) is 13. The zero-order chi connectivity index (χ0) is 42.5. The first-order chi connectivity index (χ1) is 28.7. The van der Waals surface area contributed by atoms with Gasteiger partial charge in [-0.15, -0.1) is 0 Å². The number of ether oxygens (including phenoxy) is 5. The van der Waals surface area contributed by atoms with Crippen LogP contribution in [0.2, 0.25) is 5.02 Å². The number of carbonyl (C=O) groups excluding carboxylic acids is 4. The molecule has 0 radical (unpaired) electrons. The lowest BCUT2D eigenvalue weighted by Crippen LogP contribution is -2.59. The number of esters is 1. The van der Waals surface area contributed by atoms with E-state index in [4.69, 9.17) is 44.7 Å². The lowest BCUT2D eigenvalue weighted by Gasteiger charge is -2.35. The highest BCUT2D eigenvalue weighted by molar-refractivity contribution is 6.36. The predicted octanol–water partition coefficient (Wildman–Crippen LogP) is 5.89. The van der Waals surface area contributed by atoms with E-state index in [0.29, 0.717) is 77.1 Å². The summed E-state index contributed by atoms with van der Waals surface area (Å²) in [4.78, 5) is 66.6. The van der Waals surface area contributed by atoms with Crippen molar-refractivity contribution in [2.45, 2.75) is 115 Å². The van der Waals surface area contributed by atoms with Gasteiger partial charge in [0.05, 0.1) is 31.5 Å². The Bertz CT molecular complexity index is 2130. The first-order valence-electron chi connectivity index (χ1n) is 21.0. The number of nitrogens with zero attached hydrogens (tertiary/aromatic N) is 3. The normalized spacial score (nSPS) is 27.1. The summed E-state index contributed by atoms with van der Waals surface area (Å²) >= 11 is 6.96. The van der Waals surface area contributed by atoms with Crippen molar-refractivity contribution < 1.29 is 47.3 Å². The zero-order valence-corrected chi connectivity index (χ0v) is 35.8. The number of pyridine rings is 1. The monoisotopic (exact) mass is 850 g/mol. The van der Waals surface area contributed by atoms with Crippen LogP contribution in [-0.4, -0.2) is 109 Å². The molecule has 3 heterocycles. The molecule has 3 aromatic rings. The number of oxazole rings is 1. The Kier molecular flexibility index (Phi) is 11.6. The Morgan fingerprint density at radius 1 is 1.00 bits per heavy atom. The quantitative estimate of drug-likeness (QED) is 0.114. The number of hydrogen-bond donors (Lipinski definition) is 3. The lowest BCUT2D eigenvalue weighted by atomic mass is 9.85. The zero-order valence-electron chi connectivity index (χ0n) is 35.0. The van der Waals surface area contributed by atoms with Crippen LogP contribution in [0.25, 0.3) is 22.3 Å².